The number of aromatic nitrogens is 3. The Morgan fingerprint density at radius 1 is 0.875 bits per heavy atom. The molecule has 9 nitrogen and oxygen atoms in total. The highest BCUT2D eigenvalue weighted by molar-refractivity contribution is 6.03. The van der Waals surface area contributed by atoms with Crippen molar-refractivity contribution in [3.63, 3.8) is 0 Å². The molecule has 0 bridgehead atoms. The van der Waals surface area contributed by atoms with Crippen molar-refractivity contribution in [1.29, 1.82) is 0 Å². The Bertz CT molecular complexity index is 1810. The molecule has 0 aliphatic carbocycles. The second-order valence-corrected chi connectivity index (χ2v) is 8.64. The van der Waals surface area contributed by atoms with E-state index in [-0.39, 0.29) is 17.1 Å². The lowest BCUT2D eigenvalue weighted by Gasteiger charge is -2.14. The van der Waals surface area contributed by atoms with Crippen LogP contribution >= 0.6 is 0 Å². The number of pyridine rings is 1. The number of amides is 1. The van der Waals surface area contributed by atoms with Crippen molar-refractivity contribution >= 4 is 22.5 Å². The molecule has 0 unspecified atom stereocenters. The number of halogens is 2. The number of hydrogen-bond donors (Lipinski definition) is 1. The number of nitrogens with zero attached hydrogens (tertiary/aromatic N) is 3. The summed E-state index contributed by atoms with van der Waals surface area (Å²) in [4.78, 5) is 29.8. The summed E-state index contributed by atoms with van der Waals surface area (Å²) in [6.45, 7) is 1.56. The number of fused-ring (bicyclic) bond motifs is 1. The zero-order valence-electron chi connectivity index (χ0n) is 21.6. The van der Waals surface area contributed by atoms with Gasteiger partial charge >= 0.3 is 0 Å². The third-order valence-electron chi connectivity index (χ3n) is 6.03. The van der Waals surface area contributed by atoms with Gasteiger partial charge in [0.05, 0.1) is 25.4 Å². The van der Waals surface area contributed by atoms with Crippen LogP contribution in [0.2, 0.25) is 0 Å². The van der Waals surface area contributed by atoms with Crippen LogP contribution in [0.1, 0.15) is 16.1 Å². The average molecular weight is 545 g/mol. The van der Waals surface area contributed by atoms with Crippen LogP contribution in [0.4, 0.5) is 14.5 Å². The molecular formula is C29H22F2N4O5. The van der Waals surface area contributed by atoms with Gasteiger partial charge in [-0.2, -0.15) is 9.78 Å². The quantitative estimate of drug-likeness (QED) is 0.291. The number of hydrogen-bond acceptors (Lipinski definition) is 7. The van der Waals surface area contributed by atoms with E-state index in [2.05, 4.69) is 15.4 Å². The van der Waals surface area contributed by atoms with Crippen LogP contribution in [0.25, 0.3) is 16.6 Å². The topological polar surface area (TPSA) is 105 Å². The van der Waals surface area contributed by atoms with Crippen molar-refractivity contribution in [2.45, 2.75) is 6.92 Å². The first kappa shape index (κ1) is 26.3. The number of carbonyl (C=O) groups excluding carboxylic acids is 1. The summed E-state index contributed by atoms with van der Waals surface area (Å²) in [5.41, 5.74) is 0.670. The Labute approximate surface area is 226 Å². The zero-order chi connectivity index (χ0) is 28.4. The van der Waals surface area contributed by atoms with Crippen molar-refractivity contribution in [2.75, 3.05) is 19.5 Å². The summed E-state index contributed by atoms with van der Waals surface area (Å²) < 4.78 is 45.9. The molecule has 202 valence electrons. The molecule has 0 saturated heterocycles. The number of carbonyl (C=O) groups is 1. The van der Waals surface area contributed by atoms with Gasteiger partial charge in [0.1, 0.15) is 11.6 Å². The average Bonchev–Trinajstić information content (AvgIpc) is 2.94. The molecule has 3 aromatic carbocycles. The molecule has 0 fully saturated rings. The third-order valence-corrected chi connectivity index (χ3v) is 6.03. The molecule has 0 spiro atoms. The van der Waals surface area contributed by atoms with Crippen LogP contribution in [0.3, 0.4) is 0 Å². The molecule has 11 heteroatoms. The SMILES string of the molecule is COc1cc2nccc(Oc3ccc(-n4nc(C(=O)Nc5ccc(F)cc5)c(C)cc4=O)cc3F)c2cc1OC. The molecule has 5 rings (SSSR count). The number of aryl methyl sites for hydroxylation is 1. The van der Waals surface area contributed by atoms with Crippen LogP contribution < -0.4 is 25.1 Å². The predicted molar refractivity (Wildman–Crippen MR) is 144 cm³/mol. The minimum absolute atomic E-state index is 0.0581. The molecule has 2 heterocycles. The summed E-state index contributed by atoms with van der Waals surface area (Å²) in [5, 5.41) is 7.33. The smallest absolute Gasteiger partial charge is 0.276 e. The van der Waals surface area contributed by atoms with Crippen molar-refractivity contribution in [3.8, 4) is 28.7 Å². The minimum atomic E-state index is -0.769. The lowest BCUT2D eigenvalue weighted by atomic mass is 10.1. The van der Waals surface area contributed by atoms with Crippen LogP contribution in [-0.2, 0) is 0 Å². The molecule has 1 amide bonds. The van der Waals surface area contributed by atoms with E-state index in [4.69, 9.17) is 14.2 Å². The van der Waals surface area contributed by atoms with E-state index in [9.17, 15) is 14.0 Å². The van der Waals surface area contributed by atoms with Gasteiger partial charge in [-0.05, 0) is 61.0 Å². The molecule has 5 aromatic rings. The molecule has 1 N–H and O–H groups in total. The summed E-state index contributed by atoms with van der Waals surface area (Å²) >= 11 is 0. The highest BCUT2D eigenvalue weighted by Crippen LogP contribution is 2.37. The third kappa shape index (κ3) is 5.17. The van der Waals surface area contributed by atoms with Gasteiger partial charge in [-0.3, -0.25) is 14.6 Å². The number of rotatable bonds is 7. The van der Waals surface area contributed by atoms with Gasteiger partial charge in [0.15, 0.2) is 28.8 Å². The Morgan fingerprint density at radius 2 is 1.60 bits per heavy atom. The Hall–Kier alpha value is -5.32. The number of anilines is 1. The minimum Gasteiger partial charge on any atom is -0.493 e. The predicted octanol–water partition coefficient (Wildman–Crippen LogP) is 5.43. The van der Waals surface area contributed by atoms with Crippen molar-refractivity contribution in [2.24, 2.45) is 0 Å². The summed E-state index contributed by atoms with van der Waals surface area (Å²) in [7, 11) is 3.01. The highest BCUT2D eigenvalue weighted by Gasteiger charge is 2.17. The molecular weight excluding hydrogens is 522 g/mol. The van der Waals surface area contributed by atoms with Gasteiger partial charge in [0.25, 0.3) is 11.5 Å². The fourth-order valence-corrected chi connectivity index (χ4v) is 4.04. The van der Waals surface area contributed by atoms with Gasteiger partial charge in [-0.1, -0.05) is 0 Å². The fourth-order valence-electron chi connectivity index (χ4n) is 4.04. The van der Waals surface area contributed by atoms with E-state index in [0.717, 1.165) is 10.7 Å². The number of benzene rings is 3. The van der Waals surface area contributed by atoms with Gasteiger partial charge in [-0.25, -0.2) is 8.78 Å². The normalized spacial score (nSPS) is 10.8. The number of nitrogens with one attached hydrogen (secondary N) is 1. The summed E-state index contributed by atoms with van der Waals surface area (Å²) in [6.07, 6.45) is 1.52. The van der Waals surface area contributed by atoms with Crippen LogP contribution in [0.5, 0.6) is 23.0 Å². The maximum atomic E-state index is 15.2. The number of ether oxygens (including phenoxy) is 3. The zero-order valence-corrected chi connectivity index (χ0v) is 21.6. The van der Waals surface area contributed by atoms with Gasteiger partial charge < -0.3 is 19.5 Å². The van der Waals surface area contributed by atoms with E-state index >= 15 is 4.39 Å². The molecule has 0 aliphatic heterocycles. The lowest BCUT2D eigenvalue weighted by Crippen LogP contribution is -2.26. The van der Waals surface area contributed by atoms with E-state index in [0.29, 0.717) is 39.4 Å². The lowest BCUT2D eigenvalue weighted by molar-refractivity contribution is 0.102. The monoisotopic (exact) mass is 544 g/mol. The first-order valence-electron chi connectivity index (χ1n) is 11.9. The fraction of sp³-hybridized carbons (Fsp3) is 0.103. The standard InChI is InChI=1S/C29H22F2N4O5/c1-16-12-27(36)35(34-28(16)29(37)33-18-6-4-17(30)5-7-18)19-8-9-24(21(31)13-19)40-23-10-11-32-22-15-26(39-3)25(38-2)14-20(22)23/h4-15H,1-3H3,(H,33,37). The Morgan fingerprint density at radius 3 is 2.30 bits per heavy atom. The van der Waals surface area contributed by atoms with Crippen LogP contribution in [0.15, 0.2) is 77.7 Å². The molecule has 0 radical (unpaired) electrons. The highest BCUT2D eigenvalue weighted by atomic mass is 19.1. The van der Waals surface area contributed by atoms with E-state index < -0.39 is 23.1 Å². The molecule has 0 saturated carbocycles. The number of methoxy groups -OCH3 is 2. The second kappa shape index (κ2) is 10.8. The van der Waals surface area contributed by atoms with Crippen molar-refractivity contribution < 1.29 is 27.8 Å². The van der Waals surface area contributed by atoms with Crippen molar-refractivity contribution in [1.82, 2.24) is 14.8 Å². The van der Waals surface area contributed by atoms with Gasteiger partial charge in [-0.15, -0.1) is 0 Å². The van der Waals surface area contributed by atoms with E-state index in [1.807, 2.05) is 0 Å². The van der Waals surface area contributed by atoms with Gasteiger partial charge in [0, 0.05) is 35.5 Å². The van der Waals surface area contributed by atoms with E-state index in [1.54, 1.807) is 25.1 Å². The first-order chi connectivity index (χ1) is 19.3. The maximum Gasteiger partial charge on any atom is 0.276 e. The largest absolute Gasteiger partial charge is 0.493 e. The van der Waals surface area contributed by atoms with E-state index in [1.165, 1.54) is 62.9 Å². The molecule has 2 aromatic heterocycles. The summed E-state index contributed by atoms with van der Waals surface area (Å²) in [6, 6.07) is 15.2. The molecule has 0 atom stereocenters. The first-order valence-corrected chi connectivity index (χ1v) is 11.9. The van der Waals surface area contributed by atoms with Crippen LogP contribution in [-0.4, -0.2) is 34.9 Å². The molecule has 40 heavy (non-hydrogen) atoms. The Kier molecular flexibility index (Phi) is 7.11. The molecule has 0 aliphatic rings. The maximum absolute atomic E-state index is 15.2. The Balaban J connectivity index is 1.45. The van der Waals surface area contributed by atoms with Crippen molar-refractivity contribution in [3.05, 3.63) is 106 Å². The van der Waals surface area contributed by atoms with Gasteiger partial charge in [0.2, 0.25) is 0 Å². The van der Waals surface area contributed by atoms with Crippen LogP contribution in [0, 0.1) is 18.6 Å². The summed E-state index contributed by atoms with van der Waals surface area (Å²) in [5.74, 6) is -0.690. The second-order valence-electron chi connectivity index (χ2n) is 8.64.